The highest BCUT2D eigenvalue weighted by atomic mass is 16.7. The lowest BCUT2D eigenvalue weighted by Crippen LogP contribution is -2.68. The van der Waals surface area contributed by atoms with Crippen molar-refractivity contribution in [2.75, 3.05) is 13.2 Å². The molecular weight excluding hydrogens is 480 g/mol. The van der Waals surface area contributed by atoms with Crippen molar-refractivity contribution < 1.29 is 49.6 Å². The highest BCUT2D eigenvalue weighted by molar-refractivity contribution is 5.02. The van der Waals surface area contributed by atoms with E-state index in [9.17, 15) is 30.6 Å². The second-order valence-corrected chi connectivity index (χ2v) is 10.6. The first-order valence-electron chi connectivity index (χ1n) is 12.5. The summed E-state index contributed by atoms with van der Waals surface area (Å²) >= 11 is 0. The molecule has 2 heterocycles. The SMILES string of the molecule is CC(C)CN[C@@H]1CC(N)[C@@H](O[C@H]2OC(CO)[C@@H](O)C(O)C2N)C(O[C@@H]2O[C@H]([C@H](C)N)C(O)C2O)C1O. The van der Waals surface area contributed by atoms with Crippen LogP contribution in [0.15, 0.2) is 0 Å². The fraction of sp³-hybridized carbons (Fsp3) is 1.00. The van der Waals surface area contributed by atoms with E-state index in [-0.39, 0.29) is 6.42 Å². The fourth-order valence-corrected chi connectivity index (χ4v) is 4.92. The van der Waals surface area contributed by atoms with Gasteiger partial charge in [0.1, 0.15) is 48.8 Å². The Bertz CT molecular complexity index is 691. The Kier molecular flexibility index (Phi) is 10.4. The minimum Gasteiger partial charge on any atom is -0.394 e. The Hall–Kier alpha value is -0.560. The Morgan fingerprint density at radius 1 is 0.861 bits per heavy atom. The average Bonchev–Trinajstić information content (AvgIpc) is 3.11. The number of ether oxygens (including phenoxy) is 4. The van der Waals surface area contributed by atoms with Gasteiger partial charge in [-0.3, -0.25) is 0 Å². The summed E-state index contributed by atoms with van der Waals surface area (Å²) in [7, 11) is 0. The zero-order valence-electron chi connectivity index (χ0n) is 20.9. The molecule has 14 nitrogen and oxygen atoms in total. The van der Waals surface area contributed by atoms with E-state index in [1.807, 2.05) is 13.8 Å². The molecule has 1 aliphatic carbocycles. The first kappa shape index (κ1) is 30.0. The molecule has 15 atom stereocenters. The summed E-state index contributed by atoms with van der Waals surface area (Å²) in [5, 5.41) is 65.3. The molecule has 2 saturated heterocycles. The van der Waals surface area contributed by atoms with Gasteiger partial charge in [-0.2, -0.15) is 0 Å². The monoisotopic (exact) mass is 524 g/mol. The van der Waals surface area contributed by atoms with E-state index in [4.69, 9.17) is 36.1 Å². The molecule has 1 saturated carbocycles. The van der Waals surface area contributed by atoms with Crippen molar-refractivity contribution in [3.63, 3.8) is 0 Å². The van der Waals surface area contributed by atoms with Gasteiger partial charge in [0, 0.05) is 18.1 Å². The van der Waals surface area contributed by atoms with Gasteiger partial charge < -0.3 is 72.1 Å². The number of aliphatic hydroxyl groups is 6. The Morgan fingerprint density at radius 2 is 1.50 bits per heavy atom. The number of nitrogens with two attached hydrogens (primary N) is 3. The molecule has 0 aromatic carbocycles. The summed E-state index contributed by atoms with van der Waals surface area (Å²) in [6.45, 7) is 5.65. The van der Waals surface area contributed by atoms with E-state index in [0.29, 0.717) is 12.5 Å². The molecule has 14 heteroatoms. The largest absolute Gasteiger partial charge is 0.394 e. The maximum Gasteiger partial charge on any atom is 0.187 e. The summed E-state index contributed by atoms with van der Waals surface area (Å²) in [6.07, 6.45) is -13.5. The summed E-state index contributed by atoms with van der Waals surface area (Å²) < 4.78 is 23.2. The third kappa shape index (κ3) is 6.35. The van der Waals surface area contributed by atoms with Gasteiger partial charge in [0.25, 0.3) is 0 Å². The molecule has 0 spiro atoms. The third-order valence-corrected chi connectivity index (χ3v) is 7.09. The number of rotatable bonds is 9. The minimum atomic E-state index is -1.45. The molecule has 8 unspecified atom stereocenters. The number of nitrogens with one attached hydrogen (secondary N) is 1. The lowest BCUT2D eigenvalue weighted by molar-refractivity contribution is -0.311. The van der Waals surface area contributed by atoms with Crippen LogP contribution in [-0.4, -0.2) is 135 Å². The van der Waals surface area contributed by atoms with Crippen LogP contribution in [0.3, 0.4) is 0 Å². The number of aliphatic hydroxyl groups excluding tert-OH is 6. The molecular formula is C22H44N4O10. The Labute approximate surface area is 210 Å². The lowest BCUT2D eigenvalue weighted by Gasteiger charge is -2.48. The van der Waals surface area contributed by atoms with Gasteiger partial charge in [-0.05, 0) is 25.8 Å². The second kappa shape index (κ2) is 12.5. The molecule has 36 heavy (non-hydrogen) atoms. The molecule has 3 rings (SSSR count). The molecule has 0 radical (unpaired) electrons. The summed E-state index contributed by atoms with van der Waals surface area (Å²) in [6, 6.07) is -3.00. The first-order chi connectivity index (χ1) is 16.9. The van der Waals surface area contributed by atoms with E-state index in [1.165, 1.54) is 0 Å². The van der Waals surface area contributed by atoms with Crippen molar-refractivity contribution >= 4 is 0 Å². The van der Waals surface area contributed by atoms with E-state index in [0.717, 1.165) is 0 Å². The van der Waals surface area contributed by atoms with Crippen LogP contribution in [0.4, 0.5) is 0 Å². The fourth-order valence-electron chi connectivity index (χ4n) is 4.92. The number of hydrogen-bond donors (Lipinski definition) is 10. The van der Waals surface area contributed by atoms with Crippen LogP contribution < -0.4 is 22.5 Å². The normalized spacial score (nSPS) is 48.9. The van der Waals surface area contributed by atoms with Crippen LogP contribution in [0, 0.1) is 5.92 Å². The quantitative estimate of drug-likeness (QED) is 0.136. The maximum atomic E-state index is 11.3. The van der Waals surface area contributed by atoms with Crippen molar-refractivity contribution in [3.8, 4) is 0 Å². The standard InChI is InChI=1S/C22H44N4O10/c1-7(2)5-26-10-4-9(24)19(35-21-12(25)15(30)14(29)11(6-27)33-21)20(13(10)28)36-22-17(32)16(31)18(34-22)8(3)23/h7-22,26-32H,4-6,23-25H2,1-3H3/t8-,9?,10+,11?,12?,13?,14+,15?,16?,17?,18+,19+,20?,21+,22-/m0/s1. The smallest absolute Gasteiger partial charge is 0.187 e. The molecule has 212 valence electrons. The summed E-state index contributed by atoms with van der Waals surface area (Å²) in [4.78, 5) is 0. The van der Waals surface area contributed by atoms with E-state index in [2.05, 4.69) is 5.32 Å². The molecule has 2 aliphatic heterocycles. The summed E-state index contributed by atoms with van der Waals surface area (Å²) in [5.41, 5.74) is 18.3. The van der Waals surface area contributed by atoms with Crippen LogP contribution in [0.25, 0.3) is 0 Å². The Balaban J connectivity index is 1.83. The topological polar surface area (TPSA) is 248 Å². The van der Waals surface area contributed by atoms with Crippen molar-refractivity contribution in [2.45, 2.75) is 119 Å². The molecule has 0 bridgehead atoms. The van der Waals surface area contributed by atoms with E-state index in [1.54, 1.807) is 6.92 Å². The van der Waals surface area contributed by atoms with Crippen LogP contribution in [0.1, 0.15) is 27.2 Å². The van der Waals surface area contributed by atoms with Gasteiger partial charge in [-0.15, -0.1) is 0 Å². The number of hydrogen-bond acceptors (Lipinski definition) is 14. The van der Waals surface area contributed by atoms with Crippen LogP contribution in [0.5, 0.6) is 0 Å². The zero-order valence-corrected chi connectivity index (χ0v) is 20.9. The highest BCUT2D eigenvalue weighted by Gasteiger charge is 2.53. The zero-order chi connectivity index (χ0) is 26.9. The first-order valence-corrected chi connectivity index (χ1v) is 12.5. The van der Waals surface area contributed by atoms with Gasteiger partial charge in [0.05, 0.1) is 18.8 Å². The molecule has 3 aliphatic rings. The maximum absolute atomic E-state index is 11.3. The minimum absolute atomic E-state index is 0.286. The lowest BCUT2D eigenvalue weighted by atomic mass is 9.83. The molecule has 13 N–H and O–H groups in total. The molecule has 0 aromatic heterocycles. The predicted molar refractivity (Wildman–Crippen MR) is 125 cm³/mol. The van der Waals surface area contributed by atoms with Crippen LogP contribution in [0.2, 0.25) is 0 Å². The van der Waals surface area contributed by atoms with Crippen molar-refractivity contribution in [1.82, 2.24) is 5.32 Å². The van der Waals surface area contributed by atoms with E-state index < -0.39 is 98.3 Å². The van der Waals surface area contributed by atoms with Crippen molar-refractivity contribution in [3.05, 3.63) is 0 Å². The van der Waals surface area contributed by atoms with Gasteiger partial charge in [0.2, 0.25) is 0 Å². The predicted octanol–water partition coefficient (Wildman–Crippen LogP) is -4.98. The van der Waals surface area contributed by atoms with Gasteiger partial charge in [-0.1, -0.05) is 13.8 Å². The average molecular weight is 525 g/mol. The highest BCUT2D eigenvalue weighted by Crippen LogP contribution is 2.33. The molecule has 3 fully saturated rings. The molecule has 0 aromatic rings. The molecule has 0 amide bonds. The summed E-state index contributed by atoms with van der Waals surface area (Å²) in [5.74, 6) is 0.292. The van der Waals surface area contributed by atoms with Crippen molar-refractivity contribution in [1.29, 1.82) is 0 Å². The van der Waals surface area contributed by atoms with Crippen LogP contribution in [-0.2, 0) is 18.9 Å². The third-order valence-electron chi connectivity index (χ3n) is 7.09. The van der Waals surface area contributed by atoms with Gasteiger partial charge in [0.15, 0.2) is 12.6 Å². The Morgan fingerprint density at radius 3 is 2.06 bits per heavy atom. The van der Waals surface area contributed by atoms with E-state index >= 15 is 0 Å². The second-order valence-electron chi connectivity index (χ2n) is 10.6. The van der Waals surface area contributed by atoms with Gasteiger partial charge in [-0.25, -0.2) is 0 Å². The van der Waals surface area contributed by atoms with Gasteiger partial charge >= 0.3 is 0 Å². The van der Waals surface area contributed by atoms with Crippen molar-refractivity contribution in [2.24, 2.45) is 23.1 Å². The van der Waals surface area contributed by atoms with Crippen LogP contribution >= 0.6 is 0 Å².